The third kappa shape index (κ3) is 3.77. The molecule has 0 saturated carbocycles. The largest absolute Gasteiger partial charge is 0.480 e. The van der Waals surface area contributed by atoms with Gasteiger partial charge >= 0.3 is 5.97 Å². The van der Waals surface area contributed by atoms with E-state index in [2.05, 4.69) is 18.2 Å². The van der Waals surface area contributed by atoms with Crippen LogP contribution in [0.5, 0.6) is 0 Å². The van der Waals surface area contributed by atoms with Crippen LogP contribution in [0.15, 0.2) is 47.3 Å². The molecule has 2 atom stereocenters. The van der Waals surface area contributed by atoms with Crippen LogP contribution in [0.1, 0.15) is 18.0 Å². The molecule has 160 valence electrons. The normalized spacial score (nSPS) is 19.9. The van der Waals surface area contributed by atoms with Crippen molar-refractivity contribution in [1.29, 1.82) is 0 Å². The predicted molar refractivity (Wildman–Crippen MR) is 117 cm³/mol. The summed E-state index contributed by atoms with van der Waals surface area (Å²) in [7, 11) is 0. The fraction of sp³-hybridized carbons (Fsp3) is 0.348. The summed E-state index contributed by atoms with van der Waals surface area (Å²) >= 11 is 1.63. The quantitative estimate of drug-likeness (QED) is 0.662. The summed E-state index contributed by atoms with van der Waals surface area (Å²) in [6.45, 7) is 0.954. The highest BCUT2D eigenvalue weighted by Crippen LogP contribution is 2.37. The standard InChI is InChI=1S/C23H22N2O5S/c26-21(12-30-13-22(27)28)24-9-14-7-16(11-24)18-6-5-17(23(29)25(18)10-14)20-8-15-3-1-2-4-19(15)31-20/h1-6,8,14,16H,7,9-13H2,(H,27,28)/t14-,16+/m0/s1. The number of ether oxygens (including phenoxy) is 1. The minimum absolute atomic E-state index is 0.0309. The van der Waals surface area contributed by atoms with Crippen molar-refractivity contribution < 1.29 is 19.4 Å². The lowest BCUT2D eigenvalue weighted by Crippen LogP contribution is -2.50. The summed E-state index contributed by atoms with van der Waals surface area (Å²) in [6, 6.07) is 14.1. The second-order valence-corrected chi connectivity index (χ2v) is 9.30. The van der Waals surface area contributed by atoms with Crippen molar-refractivity contribution in [3.63, 3.8) is 0 Å². The molecule has 0 unspecified atom stereocenters. The van der Waals surface area contributed by atoms with E-state index in [0.29, 0.717) is 19.6 Å². The Labute approximate surface area is 182 Å². The number of thiophene rings is 1. The monoisotopic (exact) mass is 438 g/mol. The van der Waals surface area contributed by atoms with Gasteiger partial charge in [-0.25, -0.2) is 4.79 Å². The van der Waals surface area contributed by atoms with Crippen LogP contribution in [0, 0.1) is 5.92 Å². The number of rotatable bonds is 5. The Morgan fingerprint density at radius 2 is 1.94 bits per heavy atom. The number of nitrogens with zero attached hydrogens (tertiary/aromatic N) is 2. The van der Waals surface area contributed by atoms with Crippen molar-refractivity contribution in [2.75, 3.05) is 26.3 Å². The number of aromatic nitrogens is 1. The van der Waals surface area contributed by atoms with Gasteiger partial charge in [0.1, 0.15) is 13.2 Å². The van der Waals surface area contributed by atoms with E-state index in [1.54, 1.807) is 16.2 Å². The highest BCUT2D eigenvalue weighted by molar-refractivity contribution is 7.22. The maximum atomic E-state index is 13.4. The Hall–Kier alpha value is -2.97. The van der Waals surface area contributed by atoms with Crippen molar-refractivity contribution >= 4 is 33.3 Å². The molecular weight excluding hydrogens is 416 g/mol. The molecule has 7 nitrogen and oxygen atoms in total. The lowest BCUT2D eigenvalue weighted by Gasteiger charge is -2.42. The van der Waals surface area contributed by atoms with Gasteiger partial charge in [-0.2, -0.15) is 0 Å². The van der Waals surface area contributed by atoms with E-state index in [1.807, 2.05) is 28.8 Å². The van der Waals surface area contributed by atoms with Gasteiger partial charge in [0.2, 0.25) is 5.91 Å². The maximum Gasteiger partial charge on any atom is 0.329 e. The molecule has 2 aliphatic rings. The van der Waals surface area contributed by atoms with Gasteiger partial charge in [0.05, 0.1) is 5.56 Å². The number of carbonyl (C=O) groups is 2. The fourth-order valence-corrected chi connectivity index (χ4v) is 5.85. The molecule has 31 heavy (non-hydrogen) atoms. The van der Waals surface area contributed by atoms with Crippen LogP contribution >= 0.6 is 11.3 Å². The number of piperidine rings is 1. The molecule has 1 aromatic carbocycles. The Morgan fingerprint density at radius 1 is 1.10 bits per heavy atom. The van der Waals surface area contributed by atoms with E-state index in [0.717, 1.165) is 32.6 Å². The van der Waals surface area contributed by atoms with E-state index in [-0.39, 0.29) is 29.9 Å². The molecule has 0 spiro atoms. The summed E-state index contributed by atoms with van der Waals surface area (Å²) in [5.41, 5.74) is 1.72. The van der Waals surface area contributed by atoms with Crippen molar-refractivity contribution in [1.82, 2.24) is 9.47 Å². The highest BCUT2D eigenvalue weighted by Gasteiger charge is 2.36. The van der Waals surface area contributed by atoms with Crippen LogP contribution in [0.4, 0.5) is 0 Å². The number of carboxylic acids is 1. The third-order valence-corrected chi connectivity index (χ3v) is 7.25. The number of hydrogen-bond donors (Lipinski definition) is 1. The van der Waals surface area contributed by atoms with Crippen molar-refractivity contribution in [2.24, 2.45) is 5.92 Å². The molecule has 5 rings (SSSR count). The number of fused-ring (bicyclic) bond motifs is 5. The number of pyridine rings is 1. The first-order valence-corrected chi connectivity index (χ1v) is 11.1. The molecule has 2 bridgehead atoms. The number of carbonyl (C=O) groups excluding carboxylic acids is 1. The van der Waals surface area contributed by atoms with Gasteiger partial charge in [-0.3, -0.25) is 9.59 Å². The van der Waals surface area contributed by atoms with Crippen LogP contribution in [0.2, 0.25) is 0 Å². The van der Waals surface area contributed by atoms with Gasteiger partial charge in [0.25, 0.3) is 5.56 Å². The number of aliphatic carboxylic acids is 1. The minimum atomic E-state index is -1.09. The summed E-state index contributed by atoms with van der Waals surface area (Å²) in [6.07, 6.45) is 0.946. The molecule has 0 aliphatic carbocycles. The Morgan fingerprint density at radius 3 is 2.74 bits per heavy atom. The number of benzene rings is 1. The van der Waals surface area contributed by atoms with Gasteiger partial charge < -0.3 is 19.3 Å². The summed E-state index contributed by atoms with van der Waals surface area (Å²) in [5.74, 6) is -0.996. The average molecular weight is 439 g/mol. The third-order valence-electron chi connectivity index (χ3n) is 6.10. The van der Waals surface area contributed by atoms with E-state index in [1.165, 1.54) is 0 Å². The van der Waals surface area contributed by atoms with Crippen LogP contribution in [0.25, 0.3) is 20.5 Å². The first-order chi connectivity index (χ1) is 15.0. The second-order valence-electron chi connectivity index (χ2n) is 8.22. The van der Waals surface area contributed by atoms with Gasteiger partial charge in [0, 0.05) is 40.8 Å². The lowest BCUT2D eigenvalue weighted by atomic mass is 9.83. The van der Waals surface area contributed by atoms with Crippen molar-refractivity contribution in [3.05, 3.63) is 58.5 Å². The maximum absolute atomic E-state index is 13.4. The van der Waals surface area contributed by atoms with E-state index in [4.69, 9.17) is 9.84 Å². The molecular formula is C23H22N2O5S. The number of amides is 1. The average Bonchev–Trinajstić information content (AvgIpc) is 3.18. The van der Waals surface area contributed by atoms with E-state index >= 15 is 0 Å². The topological polar surface area (TPSA) is 88.8 Å². The zero-order valence-corrected chi connectivity index (χ0v) is 17.6. The summed E-state index contributed by atoms with van der Waals surface area (Å²) in [4.78, 5) is 39.1. The van der Waals surface area contributed by atoms with Crippen LogP contribution in [-0.4, -0.2) is 52.8 Å². The lowest BCUT2D eigenvalue weighted by molar-refractivity contribution is -0.146. The zero-order valence-electron chi connectivity index (χ0n) is 16.8. The van der Waals surface area contributed by atoms with Crippen molar-refractivity contribution in [3.8, 4) is 10.4 Å². The predicted octanol–water partition coefficient (Wildman–Crippen LogP) is 2.78. The second kappa shape index (κ2) is 7.94. The van der Waals surface area contributed by atoms with Crippen molar-refractivity contribution in [2.45, 2.75) is 18.9 Å². The zero-order chi connectivity index (χ0) is 21.5. The molecule has 2 aromatic heterocycles. The molecule has 1 amide bonds. The number of hydrogen-bond acceptors (Lipinski definition) is 5. The molecule has 0 radical (unpaired) electrons. The van der Waals surface area contributed by atoms with E-state index in [9.17, 15) is 14.4 Å². The first kappa shape index (κ1) is 20.0. The van der Waals surface area contributed by atoms with Gasteiger partial charge in [-0.1, -0.05) is 18.2 Å². The first-order valence-electron chi connectivity index (χ1n) is 10.3. The molecule has 1 saturated heterocycles. The van der Waals surface area contributed by atoms with Gasteiger partial charge in [-0.05, 0) is 42.0 Å². The van der Waals surface area contributed by atoms with E-state index < -0.39 is 12.6 Å². The Balaban J connectivity index is 1.40. The molecule has 1 N–H and O–H groups in total. The molecule has 3 aromatic rings. The minimum Gasteiger partial charge on any atom is -0.480 e. The summed E-state index contributed by atoms with van der Waals surface area (Å²) in [5, 5.41) is 9.81. The summed E-state index contributed by atoms with van der Waals surface area (Å²) < 4.78 is 8.02. The smallest absolute Gasteiger partial charge is 0.329 e. The van der Waals surface area contributed by atoms with Crippen LogP contribution < -0.4 is 5.56 Å². The SMILES string of the molecule is O=C(O)COCC(=O)N1C[C@@H]2C[C@H](C1)c1ccc(-c3cc4ccccc4s3)c(=O)n1C2. The molecule has 4 heterocycles. The van der Waals surface area contributed by atoms with Gasteiger partial charge in [-0.15, -0.1) is 11.3 Å². The van der Waals surface area contributed by atoms with Crippen LogP contribution in [-0.2, 0) is 20.9 Å². The molecule has 2 aliphatic heterocycles. The Kier molecular flexibility index (Phi) is 5.11. The van der Waals surface area contributed by atoms with Gasteiger partial charge in [0.15, 0.2) is 0 Å². The number of likely N-dealkylation sites (tertiary alicyclic amines) is 1. The highest BCUT2D eigenvalue weighted by atomic mass is 32.1. The number of carboxylic acid groups (broad SMARTS) is 1. The van der Waals surface area contributed by atoms with Crippen LogP contribution in [0.3, 0.4) is 0 Å². The Bertz CT molecular complexity index is 1200. The molecule has 1 fully saturated rings. The molecule has 8 heteroatoms. The fourth-order valence-electron chi connectivity index (χ4n) is 4.77.